The van der Waals surface area contributed by atoms with Crippen molar-refractivity contribution in [2.75, 3.05) is 20.8 Å². The Labute approximate surface area is 146 Å². The molecule has 0 saturated carbocycles. The number of ether oxygens (including phenoxy) is 2. The third kappa shape index (κ3) is 6.06. The van der Waals surface area contributed by atoms with Crippen molar-refractivity contribution in [1.82, 2.24) is 10.6 Å². The van der Waals surface area contributed by atoms with Gasteiger partial charge in [0.2, 0.25) is 0 Å². The van der Waals surface area contributed by atoms with Crippen molar-refractivity contribution >= 4 is 11.9 Å². The summed E-state index contributed by atoms with van der Waals surface area (Å²) in [5, 5.41) is 22.8. The first-order valence-electron chi connectivity index (χ1n) is 7.51. The van der Waals surface area contributed by atoms with E-state index in [0.717, 1.165) is 5.56 Å². The van der Waals surface area contributed by atoms with Crippen LogP contribution in [0.3, 0.4) is 0 Å². The van der Waals surface area contributed by atoms with Crippen LogP contribution in [0, 0.1) is 11.3 Å². The van der Waals surface area contributed by atoms with Crippen LogP contribution in [-0.2, 0) is 16.0 Å². The van der Waals surface area contributed by atoms with Gasteiger partial charge in [0.25, 0.3) is 5.91 Å². The van der Waals surface area contributed by atoms with Gasteiger partial charge in [-0.25, -0.2) is 0 Å². The summed E-state index contributed by atoms with van der Waals surface area (Å²) in [6, 6.07) is 6.19. The molecular formula is C17H21N3O5. The molecule has 1 aromatic rings. The molecular weight excluding hydrogens is 326 g/mol. The van der Waals surface area contributed by atoms with Crippen LogP contribution in [0.25, 0.3) is 0 Å². The largest absolute Gasteiger partial charge is 0.493 e. The van der Waals surface area contributed by atoms with Gasteiger partial charge in [0.1, 0.15) is 17.7 Å². The zero-order chi connectivity index (χ0) is 18.8. The molecule has 1 atom stereocenters. The number of carbonyl (C=O) groups excluding carboxylic acids is 1. The van der Waals surface area contributed by atoms with E-state index >= 15 is 0 Å². The highest BCUT2D eigenvalue weighted by atomic mass is 16.5. The van der Waals surface area contributed by atoms with Crippen LogP contribution in [0.15, 0.2) is 30.0 Å². The Morgan fingerprint density at radius 3 is 2.56 bits per heavy atom. The maximum absolute atomic E-state index is 11.8. The molecule has 0 aliphatic rings. The maximum atomic E-state index is 11.8. The average Bonchev–Trinajstić information content (AvgIpc) is 2.61. The Kier molecular flexibility index (Phi) is 7.79. The molecule has 0 aromatic heterocycles. The number of carbonyl (C=O) groups is 2. The Morgan fingerprint density at radius 2 is 2.00 bits per heavy atom. The number of carboxylic acids is 1. The minimum Gasteiger partial charge on any atom is -0.493 e. The van der Waals surface area contributed by atoms with Gasteiger partial charge in [-0.3, -0.25) is 9.59 Å². The van der Waals surface area contributed by atoms with E-state index in [1.165, 1.54) is 13.1 Å². The van der Waals surface area contributed by atoms with Crippen molar-refractivity contribution in [2.45, 2.75) is 19.4 Å². The van der Waals surface area contributed by atoms with E-state index in [-0.39, 0.29) is 5.57 Å². The Balaban J connectivity index is 2.59. The average molecular weight is 347 g/mol. The van der Waals surface area contributed by atoms with E-state index in [9.17, 15) is 9.59 Å². The minimum absolute atomic E-state index is 0.194. The summed E-state index contributed by atoms with van der Waals surface area (Å²) in [6.45, 7) is 1.79. The summed E-state index contributed by atoms with van der Waals surface area (Å²) in [6.07, 6.45) is 1.90. The van der Waals surface area contributed by atoms with E-state index in [4.69, 9.17) is 19.8 Å². The van der Waals surface area contributed by atoms with Crippen molar-refractivity contribution in [1.29, 1.82) is 5.26 Å². The number of benzene rings is 1. The fraction of sp³-hybridized carbons (Fsp3) is 0.353. The number of nitrogens with zero attached hydrogens (tertiary/aromatic N) is 1. The summed E-state index contributed by atoms with van der Waals surface area (Å²) in [7, 11) is 3.11. The fourth-order valence-electron chi connectivity index (χ4n) is 1.91. The highest BCUT2D eigenvalue weighted by Gasteiger charge is 2.16. The minimum atomic E-state index is -1.17. The SMILES string of the molecule is COc1ccc(CCN/C=C(/C#N)C(=O)NC(C)C(=O)O)cc1OC. The number of hydrogen-bond donors (Lipinski definition) is 3. The topological polar surface area (TPSA) is 121 Å². The Bertz CT molecular complexity index is 694. The lowest BCUT2D eigenvalue weighted by atomic mass is 10.1. The molecule has 1 aromatic carbocycles. The van der Waals surface area contributed by atoms with Crippen LogP contribution in [0.1, 0.15) is 12.5 Å². The number of methoxy groups -OCH3 is 2. The van der Waals surface area contributed by atoms with Gasteiger partial charge >= 0.3 is 5.97 Å². The molecule has 1 rings (SSSR count). The predicted octanol–water partition coefficient (Wildman–Crippen LogP) is 0.833. The van der Waals surface area contributed by atoms with Gasteiger partial charge in [-0.15, -0.1) is 0 Å². The van der Waals surface area contributed by atoms with Gasteiger partial charge in [0, 0.05) is 12.7 Å². The second kappa shape index (κ2) is 9.82. The van der Waals surface area contributed by atoms with Crippen LogP contribution < -0.4 is 20.1 Å². The molecule has 0 saturated heterocycles. The second-order valence-corrected chi connectivity index (χ2v) is 5.10. The number of hydrogen-bond acceptors (Lipinski definition) is 6. The van der Waals surface area contributed by atoms with Crippen LogP contribution >= 0.6 is 0 Å². The van der Waals surface area contributed by atoms with Crippen LogP contribution in [-0.4, -0.2) is 43.8 Å². The van der Waals surface area contributed by atoms with Crippen molar-refractivity contribution in [3.8, 4) is 17.6 Å². The van der Waals surface area contributed by atoms with Crippen molar-refractivity contribution < 1.29 is 24.2 Å². The third-order valence-electron chi connectivity index (χ3n) is 3.34. The first kappa shape index (κ1) is 19.8. The van der Waals surface area contributed by atoms with Crippen molar-refractivity contribution in [2.24, 2.45) is 0 Å². The number of carboxylic acid groups (broad SMARTS) is 1. The zero-order valence-electron chi connectivity index (χ0n) is 14.3. The highest BCUT2D eigenvalue weighted by Crippen LogP contribution is 2.27. The fourth-order valence-corrected chi connectivity index (χ4v) is 1.91. The summed E-state index contributed by atoms with van der Waals surface area (Å²) < 4.78 is 10.4. The van der Waals surface area contributed by atoms with E-state index in [1.54, 1.807) is 26.4 Å². The van der Waals surface area contributed by atoms with E-state index in [0.29, 0.717) is 24.5 Å². The molecule has 0 aliphatic heterocycles. The molecule has 25 heavy (non-hydrogen) atoms. The quantitative estimate of drug-likeness (QED) is 0.344. The van der Waals surface area contributed by atoms with Gasteiger partial charge in [0.15, 0.2) is 11.5 Å². The molecule has 3 N–H and O–H groups in total. The Hall–Kier alpha value is -3.21. The molecule has 0 heterocycles. The number of amides is 1. The molecule has 1 amide bonds. The smallest absolute Gasteiger partial charge is 0.325 e. The van der Waals surface area contributed by atoms with Gasteiger partial charge in [-0.05, 0) is 31.0 Å². The summed E-state index contributed by atoms with van der Waals surface area (Å²) in [5.74, 6) is -0.659. The van der Waals surface area contributed by atoms with Gasteiger partial charge in [0.05, 0.1) is 14.2 Å². The van der Waals surface area contributed by atoms with E-state index in [2.05, 4.69) is 10.6 Å². The van der Waals surface area contributed by atoms with Crippen molar-refractivity contribution in [3.63, 3.8) is 0 Å². The summed E-state index contributed by atoms with van der Waals surface area (Å²) in [5.41, 5.74) is 0.793. The predicted molar refractivity (Wildman–Crippen MR) is 90.2 cm³/mol. The molecule has 0 spiro atoms. The Morgan fingerprint density at radius 1 is 1.32 bits per heavy atom. The molecule has 0 fully saturated rings. The molecule has 8 heteroatoms. The zero-order valence-corrected chi connectivity index (χ0v) is 14.3. The molecule has 1 unspecified atom stereocenters. The summed E-state index contributed by atoms with van der Waals surface area (Å²) >= 11 is 0. The molecule has 0 aliphatic carbocycles. The number of nitriles is 1. The van der Waals surface area contributed by atoms with Crippen LogP contribution in [0.2, 0.25) is 0 Å². The van der Waals surface area contributed by atoms with E-state index < -0.39 is 17.9 Å². The van der Waals surface area contributed by atoms with Crippen molar-refractivity contribution in [3.05, 3.63) is 35.5 Å². The maximum Gasteiger partial charge on any atom is 0.325 e. The molecule has 134 valence electrons. The normalized spacial score (nSPS) is 11.8. The van der Waals surface area contributed by atoms with Gasteiger partial charge in [-0.2, -0.15) is 5.26 Å². The number of nitrogens with one attached hydrogen (secondary N) is 2. The first-order chi connectivity index (χ1) is 11.9. The van der Waals surface area contributed by atoms with E-state index in [1.807, 2.05) is 12.1 Å². The van der Waals surface area contributed by atoms with Crippen LogP contribution in [0.4, 0.5) is 0 Å². The lowest BCUT2D eigenvalue weighted by Gasteiger charge is -2.10. The first-order valence-corrected chi connectivity index (χ1v) is 7.51. The second-order valence-electron chi connectivity index (χ2n) is 5.10. The lowest BCUT2D eigenvalue weighted by molar-refractivity contribution is -0.140. The molecule has 0 radical (unpaired) electrons. The highest BCUT2D eigenvalue weighted by molar-refractivity contribution is 5.99. The lowest BCUT2D eigenvalue weighted by Crippen LogP contribution is -2.39. The van der Waals surface area contributed by atoms with Gasteiger partial charge < -0.3 is 25.2 Å². The molecule has 8 nitrogen and oxygen atoms in total. The molecule has 0 bridgehead atoms. The number of aliphatic carboxylic acids is 1. The monoisotopic (exact) mass is 347 g/mol. The van der Waals surface area contributed by atoms with Gasteiger partial charge in [-0.1, -0.05) is 6.07 Å². The van der Waals surface area contributed by atoms with Crippen LogP contribution in [0.5, 0.6) is 11.5 Å². The summed E-state index contributed by atoms with van der Waals surface area (Å²) in [4.78, 5) is 22.5. The standard InChI is InChI=1S/C17H21N3O5/c1-11(17(22)23)20-16(21)13(9-18)10-19-7-6-12-4-5-14(24-2)15(8-12)25-3/h4-5,8,10-11,19H,6-7H2,1-3H3,(H,20,21)(H,22,23)/b13-10-. The number of rotatable bonds is 9. The third-order valence-corrected chi connectivity index (χ3v) is 3.34.